The summed E-state index contributed by atoms with van der Waals surface area (Å²) in [6.07, 6.45) is 2.92. The van der Waals surface area contributed by atoms with E-state index in [9.17, 15) is 0 Å². The van der Waals surface area contributed by atoms with Crippen molar-refractivity contribution >= 4 is 0 Å². The molecule has 0 radical (unpaired) electrons. The fourth-order valence-corrected chi connectivity index (χ4v) is 1.23. The Labute approximate surface area is 91.9 Å². The lowest BCUT2D eigenvalue weighted by molar-refractivity contribution is 0.303. The van der Waals surface area contributed by atoms with Crippen LogP contribution in [-0.4, -0.2) is 24.2 Å². The molecule has 84 valence electrons. The zero-order valence-corrected chi connectivity index (χ0v) is 9.79. The molecule has 15 heavy (non-hydrogen) atoms. The molecule has 1 rings (SSSR count). The third-order valence-corrected chi connectivity index (χ3v) is 2.42. The van der Waals surface area contributed by atoms with Gasteiger partial charge in [-0.25, -0.2) is 0 Å². The van der Waals surface area contributed by atoms with Crippen LogP contribution in [0.15, 0.2) is 18.3 Å². The molecular formula is C12H20N2O. The monoisotopic (exact) mass is 208 g/mol. The van der Waals surface area contributed by atoms with E-state index in [4.69, 9.17) is 4.74 Å². The van der Waals surface area contributed by atoms with Gasteiger partial charge in [-0.1, -0.05) is 6.92 Å². The predicted octanol–water partition coefficient (Wildman–Crippen LogP) is 2.16. The number of pyridine rings is 1. The fourth-order valence-electron chi connectivity index (χ4n) is 1.23. The first-order chi connectivity index (χ1) is 7.24. The van der Waals surface area contributed by atoms with E-state index in [0.29, 0.717) is 12.6 Å². The number of hydrogen-bond acceptors (Lipinski definition) is 3. The van der Waals surface area contributed by atoms with Gasteiger partial charge in [0.05, 0.1) is 5.69 Å². The molecule has 0 aliphatic rings. The van der Waals surface area contributed by atoms with Crippen molar-refractivity contribution in [3.63, 3.8) is 0 Å². The van der Waals surface area contributed by atoms with Gasteiger partial charge in [0, 0.05) is 18.8 Å². The SMILES string of the molecule is CCC(C)NCCOc1cccnc1C. The Morgan fingerprint density at radius 1 is 1.53 bits per heavy atom. The molecule has 0 aliphatic heterocycles. The number of nitrogens with zero attached hydrogens (tertiary/aromatic N) is 1. The average molecular weight is 208 g/mol. The molecule has 0 saturated carbocycles. The van der Waals surface area contributed by atoms with Gasteiger partial charge in [0.2, 0.25) is 0 Å². The van der Waals surface area contributed by atoms with E-state index in [1.165, 1.54) is 0 Å². The van der Waals surface area contributed by atoms with Crippen LogP contribution < -0.4 is 10.1 Å². The van der Waals surface area contributed by atoms with E-state index in [0.717, 1.165) is 24.4 Å². The lowest BCUT2D eigenvalue weighted by atomic mass is 10.3. The minimum Gasteiger partial charge on any atom is -0.490 e. The van der Waals surface area contributed by atoms with Crippen molar-refractivity contribution in [2.75, 3.05) is 13.2 Å². The number of ether oxygens (including phenoxy) is 1. The van der Waals surface area contributed by atoms with Gasteiger partial charge in [0.1, 0.15) is 12.4 Å². The second-order valence-electron chi connectivity index (χ2n) is 3.70. The molecule has 3 nitrogen and oxygen atoms in total. The number of aromatic nitrogens is 1. The topological polar surface area (TPSA) is 34.1 Å². The molecule has 1 aromatic rings. The Morgan fingerprint density at radius 3 is 3.00 bits per heavy atom. The summed E-state index contributed by atoms with van der Waals surface area (Å²) in [4.78, 5) is 4.16. The molecule has 1 atom stereocenters. The summed E-state index contributed by atoms with van der Waals surface area (Å²) in [6.45, 7) is 7.87. The first-order valence-corrected chi connectivity index (χ1v) is 5.51. The molecular weight excluding hydrogens is 188 g/mol. The summed E-state index contributed by atoms with van der Waals surface area (Å²) in [5.74, 6) is 0.878. The van der Waals surface area contributed by atoms with Gasteiger partial charge in [-0.05, 0) is 32.4 Å². The highest BCUT2D eigenvalue weighted by Gasteiger charge is 1.99. The smallest absolute Gasteiger partial charge is 0.140 e. The van der Waals surface area contributed by atoms with Gasteiger partial charge in [0.25, 0.3) is 0 Å². The third-order valence-electron chi connectivity index (χ3n) is 2.42. The maximum Gasteiger partial charge on any atom is 0.140 e. The number of hydrogen-bond donors (Lipinski definition) is 1. The highest BCUT2D eigenvalue weighted by atomic mass is 16.5. The van der Waals surface area contributed by atoms with Crippen LogP contribution in [0.4, 0.5) is 0 Å². The van der Waals surface area contributed by atoms with E-state index < -0.39 is 0 Å². The van der Waals surface area contributed by atoms with Crippen molar-refractivity contribution in [1.82, 2.24) is 10.3 Å². The zero-order valence-electron chi connectivity index (χ0n) is 9.79. The summed E-state index contributed by atoms with van der Waals surface area (Å²) in [7, 11) is 0. The van der Waals surface area contributed by atoms with E-state index in [1.807, 2.05) is 19.1 Å². The molecule has 3 heteroatoms. The third kappa shape index (κ3) is 4.30. The Bertz CT molecular complexity index is 289. The van der Waals surface area contributed by atoms with Crippen molar-refractivity contribution in [1.29, 1.82) is 0 Å². The van der Waals surface area contributed by atoms with Crippen LogP contribution in [-0.2, 0) is 0 Å². The van der Waals surface area contributed by atoms with Gasteiger partial charge < -0.3 is 10.1 Å². The predicted molar refractivity (Wildman–Crippen MR) is 62.2 cm³/mol. The largest absolute Gasteiger partial charge is 0.490 e. The lowest BCUT2D eigenvalue weighted by Crippen LogP contribution is -2.29. The highest BCUT2D eigenvalue weighted by molar-refractivity contribution is 5.25. The first-order valence-electron chi connectivity index (χ1n) is 5.51. The van der Waals surface area contributed by atoms with Crippen LogP contribution >= 0.6 is 0 Å². The molecule has 0 aromatic carbocycles. The standard InChI is InChI=1S/C12H20N2O/c1-4-10(2)13-8-9-15-12-6-5-7-14-11(12)3/h5-7,10,13H,4,8-9H2,1-3H3. The molecule has 0 bridgehead atoms. The number of aryl methyl sites for hydroxylation is 1. The summed E-state index contributed by atoms with van der Waals surface area (Å²) in [6, 6.07) is 4.40. The Kier molecular flexibility index (Phi) is 5.12. The minimum atomic E-state index is 0.559. The van der Waals surface area contributed by atoms with Crippen molar-refractivity contribution < 1.29 is 4.74 Å². The van der Waals surface area contributed by atoms with Crippen LogP contribution in [0.2, 0.25) is 0 Å². The van der Waals surface area contributed by atoms with Gasteiger partial charge in [-0.15, -0.1) is 0 Å². The number of rotatable bonds is 6. The molecule has 0 amide bonds. The van der Waals surface area contributed by atoms with E-state index >= 15 is 0 Å². The highest BCUT2D eigenvalue weighted by Crippen LogP contribution is 2.12. The molecule has 0 aliphatic carbocycles. The van der Waals surface area contributed by atoms with Crippen molar-refractivity contribution in [2.45, 2.75) is 33.2 Å². The molecule has 0 fully saturated rings. The Morgan fingerprint density at radius 2 is 2.33 bits per heavy atom. The van der Waals surface area contributed by atoms with Crippen LogP contribution in [0.25, 0.3) is 0 Å². The second kappa shape index (κ2) is 6.40. The van der Waals surface area contributed by atoms with Gasteiger partial charge in [-0.2, -0.15) is 0 Å². The fraction of sp³-hybridized carbons (Fsp3) is 0.583. The lowest BCUT2D eigenvalue weighted by Gasteiger charge is -2.12. The van der Waals surface area contributed by atoms with Crippen LogP contribution in [0.5, 0.6) is 5.75 Å². The Hall–Kier alpha value is -1.09. The quantitative estimate of drug-likeness (QED) is 0.727. The van der Waals surface area contributed by atoms with Crippen molar-refractivity contribution in [2.24, 2.45) is 0 Å². The van der Waals surface area contributed by atoms with E-state index in [1.54, 1.807) is 6.20 Å². The molecule has 0 spiro atoms. The van der Waals surface area contributed by atoms with Crippen LogP contribution in [0, 0.1) is 6.92 Å². The summed E-state index contributed by atoms with van der Waals surface area (Å²) >= 11 is 0. The molecule has 0 saturated heterocycles. The van der Waals surface area contributed by atoms with Gasteiger partial charge >= 0.3 is 0 Å². The molecule has 1 heterocycles. The molecule has 1 N–H and O–H groups in total. The maximum absolute atomic E-state index is 5.61. The summed E-state index contributed by atoms with van der Waals surface area (Å²) in [5.41, 5.74) is 0.945. The van der Waals surface area contributed by atoms with Gasteiger partial charge in [0.15, 0.2) is 0 Å². The second-order valence-corrected chi connectivity index (χ2v) is 3.70. The summed E-state index contributed by atoms with van der Waals surface area (Å²) in [5, 5.41) is 3.38. The minimum absolute atomic E-state index is 0.559. The van der Waals surface area contributed by atoms with Gasteiger partial charge in [-0.3, -0.25) is 4.98 Å². The first kappa shape index (κ1) is 12.0. The maximum atomic E-state index is 5.61. The average Bonchev–Trinajstić information content (AvgIpc) is 2.26. The van der Waals surface area contributed by atoms with E-state index in [-0.39, 0.29) is 0 Å². The zero-order chi connectivity index (χ0) is 11.1. The normalized spacial score (nSPS) is 12.5. The Balaban J connectivity index is 2.23. The molecule has 1 aromatic heterocycles. The molecule has 1 unspecified atom stereocenters. The summed E-state index contributed by atoms with van der Waals surface area (Å²) < 4.78 is 5.61. The van der Waals surface area contributed by atoms with Crippen molar-refractivity contribution in [3.05, 3.63) is 24.0 Å². The number of nitrogens with one attached hydrogen (secondary N) is 1. The van der Waals surface area contributed by atoms with Crippen LogP contribution in [0.3, 0.4) is 0 Å². The van der Waals surface area contributed by atoms with Crippen molar-refractivity contribution in [3.8, 4) is 5.75 Å². The van der Waals surface area contributed by atoms with E-state index in [2.05, 4.69) is 24.1 Å². The van der Waals surface area contributed by atoms with Crippen LogP contribution in [0.1, 0.15) is 26.0 Å².